The lowest BCUT2D eigenvalue weighted by atomic mass is 9.81. The number of rotatable bonds is 2. The van der Waals surface area contributed by atoms with E-state index in [0.717, 1.165) is 5.56 Å². The summed E-state index contributed by atoms with van der Waals surface area (Å²) in [5.41, 5.74) is -0.508. The van der Waals surface area contributed by atoms with Crippen LogP contribution in [0.3, 0.4) is 0 Å². The normalized spacial score (nSPS) is 26.2. The lowest BCUT2D eigenvalue weighted by molar-refractivity contribution is -0.158. The maximum absolute atomic E-state index is 13.1. The Morgan fingerprint density at radius 1 is 1.42 bits per heavy atom. The third kappa shape index (κ3) is 2.28. The van der Waals surface area contributed by atoms with Gasteiger partial charge in [0.2, 0.25) is 5.72 Å². The van der Waals surface area contributed by atoms with Gasteiger partial charge in [-0.05, 0) is 13.0 Å². The van der Waals surface area contributed by atoms with Gasteiger partial charge < -0.3 is 14.4 Å². The minimum absolute atomic E-state index is 0.167. The number of methoxy groups -OCH3 is 1. The van der Waals surface area contributed by atoms with Crippen molar-refractivity contribution in [3.8, 4) is 5.75 Å². The van der Waals surface area contributed by atoms with Gasteiger partial charge >= 0.3 is 5.97 Å². The number of hydrogen-bond acceptors (Lipinski definition) is 7. The van der Waals surface area contributed by atoms with Crippen LogP contribution in [-0.4, -0.2) is 42.4 Å². The summed E-state index contributed by atoms with van der Waals surface area (Å²) in [6.07, 6.45) is 1.76. The van der Waals surface area contributed by atoms with Crippen LogP contribution in [0.1, 0.15) is 18.5 Å². The number of esters is 1. The van der Waals surface area contributed by atoms with Crippen molar-refractivity contribution < 1.29 is 14.3 Å². The Morgan fingerprint density at radius 3 is 2.85 bits per heavy atom. The zero-order chi connectivity index (χ0) is 18.6. The van der Waals surface area contributed by atoms with Crippen molar-refractivity contribution in [1.29, 1.82) is 0 Å². The van der Waals surface area contributed by atoms with E-state index in [2.05, 4.69) is 4.99 Å². The molecule has 3 atom stereocenters. The summed E-state index contributed by atoms with van der Waals surface area (Å²) in [7, 11) is 5.05. The van der Waals surface area contributed by atoms with Gasteiger partial charge in [-0.15, -0.1) is 0 Å². The number of nitrogens with zero attached hydrogens (tertiary/aromatic N) is 3. The standard InChI is InChI=1S/C18H19N3O4S/c1-18-13(16(23)24-4)14(10-7-5-6-8-11(10)25-18)21-15(22)12(9-20(2)3)26-17(21)19-18/h5-9,13-14H,1-4H3/t13-,14+,18+/m0/s1. The molecule has 0 radical (unpaired) electrons. The Balaban J connectivity index is 2.08. The molecule has 0 saturated carbocycles. The molecule has 0 amide bonds. The van der Waals surface area contributed by atoms with Gasteiger partial charge in [0.05, 0.1) is 13.2 Å². The number of thiazole rings is 1. The maximum atomic E-state index is 13.1. The number of carbonyl (C=O) groups excluding carboxylic acids is 1. The number of hydrogen-bond donors (Lipinski definition) is 0. The van der Waals surface area contributed by atoms with Crippen molar-refractivity contribution in [2.45, 2.75) is 18.7 Å². The highest BCUT2D eigenvalue weighted by atomic mass is 32.1. The van der Waals surface area contributed by atoms with E-state index < -0.39 is 23.7 Å². The van der Waals surface area contributed by atoms with Gasteiger partial charge in [-0.2, -0.15) is 0 Å². The molecule has 1 aromatic heterocycles. The highest BCUT2D eigenvalue weighted by Crippen LogP contribution is 2.47. The van der Waals surface area contributed by atoms with E-state index in [1.54, 1.807) is 17.7 Å². The number of para-hydroxylation sites is 1. The lowest BCUT2D eigenvalue weighted by Crippen LogP contribution is -2.58. The quantitative estimate of drug-likeness (QED) is 0.710. The minimum Gasteiger partial charge on any atom is -0.469 e. The molecule has 0 saturated heterocycles. The van der Waals surface area contributed by atoms with Crippen LogP contribution < -0.4 is 19.6 Å². The summed E-state index contributed by atoms with van der Waals surface area (Å²) in [6.45, 7) is 1.76. The molecule has 3 heterocycles. The molecule has 2 bridgehead atoms. The van der Waals surface area contributed by atoms with Crippen LogP contribution >= 0.6 is 11.3 Å². The highest BCUT2D eigenvalue weighted by molar-refractivity contribution is 7.06. The fourth-order valence-corrected chi connectivity index (χ4v) is 4.82. The molecular formula is C18H19N3O4S. The third-order valence-electron chi connectivity index (χ3n) is 4.71. The molecule has 2 aliphatic rings. The lowest BCUT2D eigenvalue weighted by Gasteiger charge is -2.44. The molecule has 7 nitrogen and oxygen atoms in total. The first kappa shape index (κ1) is 16.8. The van der Waals surface area contributed by atoms with E-state index >= 15 is 0 Å². The van der Waals surface area contributed by atoms with Crippen LogP contribution in [0.15, 0.2) is 34.1 Å². The molecule has 4 rings (SSSR count). The van der Waals surface area contributed by atoms with E-state index in [-0.39, 0.29) is 5.56 Å². The zero-order valence-electron chi connectivity index (χ0n) is 14.9. The van der Waals surface area contributed by atoms with Crippen molar-refractivity contribution in [3.05, 3.63) is 49.5 Å². The molecule has 0 spiro atoms. The van der Waals surface area contributed by atoms with Crippen molar-refractivity contribution in [2.75, 3.05) is 21.2 Å². The Bertz CT molecular complexity index is 1070. The number of carbonyl (C=O) groups is 1. The summed E-state index contributed by atoms with van der Waals surface area (Å²) in [5.74, 6) is -0.558. The van der Waals surface area contributed by atoms with E-state index in [1.165, 1.54) is 18.4 Å². The van der Waals surface area contributed by atoms with Gasteiger partial charge in [-0.1, -0.05) is 29.5 Å². The fourth-order valence-electron chi connectivity index (χ4n) is 3.66. The minimum atomic E-state index is -1.13. The SMILES string of the molecule is COC(=O)[C@@H]1[C@H]2c3ccccc3O[C@@]1(C)N=c1sc(=CN(C)C)c(=O)n12. The molecule has 136 valence electrons. The molecule has 0 unspecified atom stereocenters. The molecular weight excluding hydrogens is 354 g/mol. The van der Waals surface area contributed by atoms with Crippen LogP contribution in [-0.2, 0) is 9.53 Å². The Labute approximate surface area is 153 Å². The smallest absolute Gasteiger partial charge is 0.317 e. The third-order valence-corrected chi connectivity index (χ3v) is 5.68. The molecule has 26 heavy (non-hydrogen) atoms. The van der Waals surface area contributed by atoms with E-state index in [9.17, 15) is 9.59 Å². The van der Waals surface area contributed by atoms with E-state index in [4.69, 9.17) is 9.47 Å². The Hall–Kier alpha value is -2.61. The van der Waals surface area contributed by atoms with Crippen molar-refractivity contribution in [2.24, 2.45) is 10.9 Å². The van der Waals surface area contributed by atoms with Crippen LogP contribution in [0.4, 0.5) is 0 Å². The van der Waals surface area contributed by atoms with Crippen molar-refractivity contribution in [1.82, 2.24) is 9.47 Å². The summed E-state index contributed by atoms with van der Waals surface area (Å²) in [6, 6.07) is 6.93. The average molecular weight is 373 g/mol. The van der Waals surface area contributed by atoms with Crippen LogP contribution in [0.2, 0.25) is 0 Å². The first-order valence-electron chi connectivity index (χ1n) is 8.21. The van der Waals surface area contributed by atoms with E-state index in [1.807, 2.05) is 43.3 Å². The number of ether oxygens (including phenoxy) is 2. The van der Waals surface area contributed by atoms with Gasteiger partial charge in [0, 0.05) is 25.9 Å². The number of benzene rings is 1. The number of aromatic nitrogens is 1. The van der Waals surface area contributed by atoms with Gasteiger partial charge in [-0.3, -0.25) is 14.2 Å². The zero-order valence-corrected chi connectivity index (χ0v) is 15.7. The highest BCUT2D eigenvalue weighted by Gasteiger charge is 2.55. The van der Waals surface area contributed by atoms with Gasteiger partial charge in [-0.25, -0.2) is 4.99 Å². The molecule has 0 aliphatic carbocycles. The number of fused-ring (bicyclic) bond motifs is 6. The van der Waals surface area contributed by atoms with Crippen molar-refractivity contribution >= 4 is 23.5 Å². The second-order valence-corrected chi connectivity index (χ2v) is 7.78. The predicted octanol–water partition coefficient (Wildman–Crippen LogP) is 0.330. The second-order valence-electron chi connectivity index (χ2n) is 6.77. The maximum Gasteiger partial charge on any atom is 0.317 e. The molecule has 0 fully saturated rings. The summed E-state index contributed by atoms with van der Waals surface area (Å²) >= 11 is 1.30. The molecule has 2 aromatic rings. The van der Waals surface area contributed by atoms with Gasteiger partial charge in [0.25, 0.3) is 5.56 Å². The Morgan fingerprint density at radius 2 is 2.15 bits per heavy atom. The predicted molar refractivity (Wildman–Crippen MR) is 96.6 cm³/mol. The first-order chi connectivity index (χ1) is 12.4. The van der Waals surface area contributed by atoms with Crippen LogP contribution in [0.5, 0.6) is 5.75 Å². The van der Waals surface area contributed by atoms with E-state index in [0.29, 0.717) is 15.1 Å². The van der Waals surface area contributed by atoms with Gasteiger partial charge in [0.1, 0.15) is 16.2 Å². The van der Waals surface area contributed by atoms with Crippen LogP contribution in [0.25, 0.3) is 6.20 Å². The van der Waals surface area contributed by atoms with Crippen molar-refractivity contribution in [3.63, 3.8) is 0 Å². The van der Waals surface area contributed by atoms with Gasteiger partial charge in [0.15, 0.2) is 4.80 Å². The summed E-state index contributed by atoms with van der Waals surface area (Å²) < 4.78 is 13.3. The summed E-state index contributed by atoms with van der Waals surface area (Å²) in [5, 5.41) is 0. The first-order valence-corrected chi connectivity index (χ1v) is 9.02. The molecule has 8 heteroatoms. The average Bonchev–Trinajstić information content (AvgIpc) is 2.87. The Kier molecular flexibility index (Phi) is 3.69. The largest absolute Gasteiger partial charge is 0.469 e. The second kappa shape index (κ2) is 5.70. The fraction of sp³-hybridized carbons (Fsp3) is 0.389. The molecule has 2 aliphatic heterocycles. The molecule has 1 aromatic carbocycles. The molecule has 0 N–H and O–H groups in total. The topological polar surface area (TPSA) is 73.1 Å². The summed E-state index contributed by atoms with van der Waals surface area (Å²) in [4.78, 5) is 32.7. The monoisotopic (exact) mass is 373 g/mol. The van der Waals surface area contributed by atoms with Crippen LogP contribution in [0, 0.1) is 5.92 Å².